The molecule has 2 rings (SSSR count). The van der Waals surface area contributed by atoms with Gasteiger partial charge in [0.25, 0.3) is 0 Å². The van der Waals surface area contributed by atoms with Crippen LogP contribution in [-0.4, -0.2) is 29.9 Å². The molecule has 0 aliphatic heterocycles. The largest absolute Gasteiger partial charge is 0.357 e. The highest BCUT2D eigenvalue weighted by Gasteiger charge is 2.20. The fourth-order valence-corrected chi connectivity index (χ4v) is 3.36. The van der Waals surface area contributed by atoms with Crippen molar-refractivity contribution in [1.29, 1.82) is 0 Å². The molecule has 2 N–H and O–H groups in total. The molecule has 0 unspecified atom stereocenters. The number of carbonyl (C=O) groups is 2. The Bertz CT molecular complexity index is 648. The number of nitrogens with zero attached hydrogens (tertiary/aromatic N) is 1. The van der Waals surface area contributed by atoms with Crippen molar-refractivity contribution in [3.63, 3.8) is 0 Å². The molecule has 124 valence electrons. The van der Waals surface area contributed by atoms with E-state index in [-0.39, 0.29) is 11.8 Å². The second kappa shape index (κ2) is 8.06. The second-order valence-electron chi connectivity index (χ2n) is 5.94. The fraction of sp³-hybridized carbons (Fsp3) is 0.471. The van der Waals surface area contributed by atoms with Crippen LogP contribution in [0.25, 0.3) is 10.2 Å². The highest BCUT2D eigenvalue weighted by molar-refractivity contribution is 7.18. The van der Waals surface area contributed by atoms with Crippen molar-refractivity contribution in [3.8, 4) is 0 Å². The Labute approximate surface area is 140 Å². The van der Waals surface area contributed by atoms with E-state index in [1.807, 2.05) is 38.1 Å². The number of hydrogen-bond donors (Lipinski definition) is 2. The molecule has 6 heteroatoms. The van der Waals surface area contributed by atoms with Crippen LogP contribution in [-0.2, 0) is 16.0 Å². The second-order valence-corrected chi connectivity index (χ2v) is 7.05. The Morgan fingerprint density at radius 3 is 2.65 bits per heavy atom. The first-order valence-corrected chi connectivity index (χ1v) is 8.66. The molecule has 2 aromatic rings. The lowest BCUT2D eigenvalue weighted by atomic mass is 10.0. The van der Waals surface area contributed by atoms with Crippen molar-refractivity contribution in [2.45, 2.75) is 39.2 Å². The summed E-state index contributed by atoms with van der Waals surface area (Å²) in [6, 6.07) is 7.47. The normalized spacial score (nSPS) is 12.3. The van der Waals surface area contributed by atoms with E-state index in [1.165, 1.54) is 0 Å². The van der Waals surface area contributed by atoms with E-state index in [2.05, 4.69) is 15.6 Å². The number of para-hydroxylation sites is 1. The number of amides is 2. The van der Waals surface area contributed by atoms with Crippen molar-refractivity contribution in [3.05, 3.63) is 29.3 Å². The Kier molecular flexibility index (Phi) is 6.10. The molecular weight excluding hydrogens is 310 g/mol. The molecule has 0 spiro atoms. The summed E-state index contributed by atoms with van der Waals surface area (Å²) < 4.78 is 1.13. The van der Waals surface area contributed by atoms with E-state index in [0.29, 0.717) is 25.2 Å². The number of thiazole rings is 1. The van der Waals surface area contributed by atoms with Crippen LogP contribution < -0.4 is 10.6 Å². The molecule has 5 nitrogen and oxygen atoms in total. The number of aromatic nitrogens is 1. The van der Waals surface area contributed by atoms with Gasteiger partial charge in [-0.05, 0) is 24.5 Å². The van der Waals surface area contributed by atoms with E-state index >= 15 is 0 Å². The number of nitrogens with one attached hydrogen (secondary N) is 2. The van der Waals surface area contributed by atoms with E-state index < -0.39 is 6.04 Å². The van der Waals surface area contributed by atoms with Gasteiger partial charge in [-0.1, -0.05) is 26.0 Å². The van der Waals surface area contributed by atoms with E-state index in [0.717, 1.165) is 15.2 Å². The third-order valence-corrected chi connectivity index (χ3v) is 4.61. The zero-order chi connectivity index (χ0) is 16.8. The summed E-state index contributed by atoms with van der Waals surface area (Å²) in [5.41, 5.74) is 0.968. The van der Waals surface area contributed by atoms with Crippen molar-refractivity contribution in [2.75, 3.05) is 7.05 Å². The quantitative estimate of drug-likeness (QED) is 0.818. The lowest BCUT2D eigenvalue weighted by molar-refractivity contribution is -0.129. The summed E-state index contributed by atoms with van der Waals surface area (Å²) in [4.78, 5) is 28.5. The molecule has 23 heavy (non-hydrogen) atoms. The molecule has 0 saturated heterocycles. The van der Waals surface area contributed by atoms with Gasteiger partial charge in [0.2, 0.25) is 11.8 Å². The van der Waals surface area contributed by atoms with Crippen LogP contribution in [0.2, 0.25) is 0 Å². The van der Waals surface area contributed by atoms with Crippen molar-refractivity contribution < 1.29 is 9.59 Å². The first-order valence-electron chi connectivity index (χ1n) is 7.85. The van der Waals surface area contributed by atoms with Gasteiger partial charge in [0, 0.05) is 19.9 Å². The van der Waals surface area contributed by atoms with Crippen LogP contribution >= 0.6 is 11.3 Å². The number of rotatable bonds is 7. The van der Waals surface area contributed by atoms with Crippen LogP contribution in [0.5, 0.6) is 0 Å². The molecule has 0 aliphatic carbocycles. The molecular formula is C17H23N3O2S. The molecule has 0 radical (unpaired) electrons. The fourth-order valence-electron chi connectivity index (χ4n) is 2.39. The predicted octanol–water partition coefficient (Wildman–Crippen LogP) is 2.51. The van der Waals surface area contributed by atoms with Gasteiger partial charge in [-0.2, -0.15) is 0 Å². The Morgan fingerprint density at radius 1 is 1.26 bits per heavy atom. The first-order chi connectivity index (χ1) is 11.0. The Balaban J connectivity index is 1.91. The lowest BCUT2D eigenvalue weighted by Gasteiger charge is -2.19. The summed E-state index contributed by atoms with van der Waals surface area (Å²) in [5, 5.41) is 6.38. The standard InChI is InChI=1S/C17H23N3O2S/c1-11(2)10-13(17(22)18-3)19-15(21)8-9-16-20-12-6-4-5-7-14(12)23-16/h4-7,11,13H,8-10H2,1-3H3,(H,18,22)(H,19,21)/t13-/m1/s1. The van der Waals surface area contributed by atoms with Crippen molar-refractivity contribution >= 4 is 33.4 Å². The maximum Gasteiger partial charge on any atom is 0.242 e. The molecule has 1 heterocycles. The number of benzene rings is 1. The van der Waals surface area contributed by atoms with Crippen LogP contribution in [0.4, 0.5) is 0 Å². The van der Waals surface area contributed by atoms with Gasteiger partial charge in [-0.3, -0.25) is 9.59 Å². The highest BCUT2D eigenvalue weighted by Crippen LogP contribution is 2.22. The Morgan fingerprint density at radius 2 is 2.00 bits per heavy atom. The summed E-state index contributed by atoms with van der Waals surface area (Å²) in [5.74, 6) is 0.0763. The van der Waals surface area contributed by atoms with Crippen LogP contribution in [0.3, 0.4) is 0 Å². The molecule has 2 amide bonds. The minimum atomic E-state index is -0.470. The third kappa shape index (κ3) is 5.03. The number of hydrogen-bond acceptors (Lipinski definition) is 4. The summed E-state index contributed by atoms with van der Waals surface area (Å²) in [7, 11) is 1.59. The maximum absolute atomic E-state index is 12.1. The van der Waals surface area contributed by atoms with Gasteiger partial charge in [0.15, 0.2) is 0 Å². The molecule has 1 aromatic heterocycles. The number of likely N-dealkylation sites (N-methyl/N-ethyl adjacent to an activating group) is 1. The molecule has 0 saturated carbocycles. The summed E-state index contributed by atoms with van der Waals surface area (Å²) >= 11 is 1.61. The molecule has 0 bridgehead atoms. The van der Waals surface area contributed by atoms with Crippen molar-refractivity contribution in [1.82, 2.24) is 15.6 Å². The molecule has 1 aromatic carbocycles. The van der Waals surface area contributed by atoms with Crippen LogP contribution in [0.1, 0.15) is 31.7 Å². The first kappa shape index (κ1) is 17.4. The predicted molar refractivity (Wildman–Crippen MR) is 93.4 cm³/mol. The average Bonchev–Trinajstić information content (AvgIpc) is 2.94. The van der Waals surface area contributed by atoms with Gasteiger partial charge in [0.1, 0.15) is 6.04 Å². The van der Waals surface area contributed by atoms with Gasteiger partial charge in [-0.15, -0.1) is 11.3 Å². The van der Waals surface area contributed by atoms with Crippen LogP contribution in [0, 0.1) is 5.92 Å². The van der Waals surface area contributed by atoms with Crippen molar-refractivity contribution in [2.24, 2.45) is 5.92 Å². The number of carbonyl (C=O) groups excluding carboxylic acids is 2. The third-order valence-electron chi connectivity index (χ3n) is 3.51. The summed E-state index contributed by atoms with van der Waals surface area (Å²) in [6.45, 7) is 4.06. The van der Waals surface area contributed by atoms with E-state index in [1.54, 1.807) is 18.4 Å². The topological polar surface area (TPSA) is 71.1 Å². The van der Waals surface area contributed by atoms with Gasteiger partial charge >= 0.3 is 0 Å². The van der Waals surface area contributed by atoms with E-state index in [4.69, 9.17) is 0 Å². The molecule has 1 atom stereocenters. The summed E-state index contributed by atoms with van der Waals surface area (Å²) in [6.07, 6.45) is 1.56. The molecule has 0 fully saturated rings. The number of aryl methyl sites for hydroxylation is 1. The maximum atomic E-state index is 12.1. The zero-order valence-electron chi connectivity index (χ0n) is 13.8. The molecule has 0 aliphatic rings. The smallest absolute Gasteiger partial charge is 0.242 e. The number of fused-ring (bicyclic) bond motifs is 1. The van der Waals surface area contributed by atoms with Gasteiger partial charge in [-0.25, -0.2) is 4.98 Å². The van der Waals surface area contributed by atoms with E-state index in [9.17, 15) is 9.59 Å². The van der Waals surface area contributed by atoms with Crippen LogP contribution in [0.15, 0.2) is 24.3 Å². The zero-order valence-corrected chi connectivity index (χ0v) is 14.6. The lowest BCUT2D eigenvalue weighted by Crippen LogP contribution is -2.46. The minimum absolute atomic E-state index is 0.112. The highest BCUT2D eigenvalue weighted by atomic mass is 32.1. The monoisotopic (exact) mass is 333 g/mol. The minimum Gasteiger partial charge on any atom is -0.357 e. The Hall–Kier alpha value is -1.95. The van der Waals surface area contributed by atoms with Gasteiger partial charge < -0.3 is 10.6 Å². The SMILES string of the molecule is CNC(=O)[C@@H](CC(C)C)NC(=O)CCc1nc2ccccc2s1. The average molecular weight is 333 g/mol. The van der Waals surface area contributed by atoms with Gasteiger partial charge in [0.05, 0.1) is 15.2 Å².